The average Bonchev–Trinajstić information content (AvgIpc) is 2.86. The van der Waals surface area contributed by atoms with Gasteiger partial charge in [-0.3, -0.25) is 0 Å². The number of thiazole rings is 1. The van der Waals surface area contributed by atoms with E-state index in [0.29, 0.717) is 33.6 Å². The summed E-state index contributed by atoms with van der Waals surface area (Å²) in [5.74, 6) is -0.242. The van der Waals surface area contributed by atoms with E-state index in [1.165, 1.54) is 17.4 Å². The van der Waals surface area contributed by atoms with Crippen LogP contribution in [0.3, 0.4) is 0 Å². The van der Waals surface area contributed by atoms with E-state index in [1.807, 2.05) is 5.38 Å². The van der Waals surface area contributed by atoms with Gasteiger partial charge in [0.15, 0.2) is 0 Å². The summed E-state index contributed by atoms with van der Waals surface area (Å²) in [5.41, 5.74) is 0.134. The summed E-state index contributed by atoms with van der Waals surface area (Å²) in [6.07, 6.45) is 1.04. The first-order chi connectivity index (χ1) is 8.11. The van der Waals surface area contributed by atoms with Crippen molar-refractivity contribution >= 4 is 27.3 Å². The van der Waals surface area contributed by atoms with Crippen molar-refractivity contribution in [3.63, 3.8) is 0 Å². The van der Waals surface area contributed by atoms with E-state index >= 15 is 0 Å². The highest BCUT2D eigenvalue weighted by Gasteiger charge is 2.41. The zero-order chi connectivity index (χ0) is 12.0. The third-order valence-electron chi connectivity index (χ3n) is 3.13. The molecule has 0 amide bonds. The third kappa shape index (κ3) is 1.64. The van der Waals surface area contributed by atoms with Gasteiger partial charge in [-0.25, -0.2) is 9.37 Å². The molecule has 1 aromatic carbocycles. The number of halogens is 2. The molecule has 0 spiro atoms. The van der Waals surface area contributed by atoms with Crippen molar-refractivity contribution < 1.29 is 9.50 Å². The summed E-state index contributed by atoms with van der Waals surface area (Å²) >= 11 is 4.66. The van der Waals surface area contributed by atoms with Gasteiger partial charge in [0.1, 0.15) is 21.0 Å². The van der Waals surface area contributed by atoms with Crippen molar-refractivity contribution in [1.29, 1.82) is 0 Å². The Morgan fingerprint density at radius 3 is 3.00 bits per heavy atom. The molecule has 1 aliphatic carbocycles. The highest BCUT2D eigenvalue weighted by molar-refractivity contribution is 9.10. The van der Waals surface area contributed by atoms with Gasteiger partial charge >= 0.3 is 0 Å². The molecule has 0 bridgehead atoms. The van der Waals surface area contributed by atoms with Gasteiger partial charge in [-0.05, 0) is 46.0 Å². The number of hydrogen-bond donors (Lipinski definition) is 1. The molecule has 1 N–H and O–H groups in total. The Kier molecular flexibility index (Phi) is 2.57. The molecule has 1 aromatic heterocycles. The Balaban J connectivity index is 2.17. The molecule has 0 fully saturated rings. The summed E-state index contributed by atoms with van der Waals surface area (Å²) in [7, 11) is 0. The Bertz CT molecular complexity index is 586. The van der Waals surface area contributed by atoms with Crippen molar-refractivity contribution in [2.75, 3.05) is 0 Å². The maximum absolute atomic E-state index is 13.6. The summed E-state index contributed by atoms with van der Waals surface area (Å²) in [6.45, 7) is 0. The second kappa shape index (κ2) is 3.86. The van der Waals surface area contributed by atoms with E-state index in [1.54, 1.807) is 12.1 Å². The lowest BCUT2D eigenvalue weighted by atomic mass is 9.97. The largest absolute Gasteiger partial charge is 0.378 e. The maximum Gasteiger partial charge on any atom is 0.142 e. The van der Waals surface area contributed by atoms with Crippen molar-refractivity contribution in [3.8, 4) is 0 Å². The Hall–Kier alpha value is -0.780. The molecular formula is C12H9BrFNOS. The van der Waals surface area contributed by atoms with Gasteiger partial charge in [-0.15, -0.1) is 11.3 Å². The lowest BCUT2D eigenvalue weighted by Gasteiger charge is -2.21. The Morgan fingerprint density at radius 1 is 1.47 bits per heavy atom. The predicted molar refractivity (Wildman–Crippen MR) is 67.5 cm³/mol. The van der Waals surface area contributed by atoms with Crippen LogP contribution in [0.15, 0.2) is 28.2 Å². The minimum Gasteiger partial charge on any atom is -0.378 e. The van der Waals surface area contributed by atoms with Crippen LogP contribution in [0.25, 0.3) is 0 Å². The molecule has 0 saturated carbocycles. The standard InChI is InChI=1S/C12H9BrFNOS/c13-10-6-17-11(15-10)12(16)5-4-7-8(12)2-1-3-9(7)14/h1-3,6,16H,4-5H2. The monoisotopic (exact) mass is 313 g/mol. The predicted octanol–water partition coefficient (Wildman–Crippen LogP) is 3.23. The number of nitrogens with zero attached hydrogens (tertiary/aromatic N) is 1. The normalized spacial score (nSPS) is 22.8. The fraction of sp³-hybridized carbons (Fsp3) is 0.250. The lowest BCUT2D eigenvalue weighted by molar-refractivity contribution is 0.0825. The van der Waals surface area contributed by atoms with E-state index in [4.69, 9.17) is 0 Å². The summed E-state index contributed by atoms with van der Waals surface area (Å²) < 4.78 is 14.3. The van der Waals surface area contributed by atoms with Crippen molar-refractivity contribution in [3.05, 3.63) is 50.1 Å². The van der Waals surface area contributed by atoms with Crippen LogP contribution in [0.4, 0.5) is 4.39 Å². The van der Waals surface area contributed by atoms with Gasteiger partial charge in [0.05, 0.1) is 0 Å². The first-order valence-electron chi connectivity index (χ1n) is 5.23. The van der Waals surface area contributed by atoms with Crippen LogP contribution >= 0.6 is 27.3 Å². The first-order valence-corrected chi connectivity index (χ1v) is 6.90. The average molecular weight is 314 g/mol. The SMILES string of the molecule is OC1(c2nc(Br)cs2)CCc2c(F)cccc21. The molecule has 0 aliphatic heterocycles. The zero-order valence-electron chi connectivity index (χ0n) is 8.78. The molecule has 1 heterocycles. The summed E-state index contributed by atoms with van der Waals surface area (Å²) in [5, 5.41) is 13.2. The third-order valence-corrected chi connectivity index (χ3v) is 4.83. The first kappa shape index (κ1) is 11.3. The fourth-order valence-corrected chi connectivity index (χ4v) is 3.70. The topological polar surface area (TPSA) is 33.1 Å². The van der Waals surface area contributed by atoms with Crippen molar-refractivity contribution in [2.45, 2.75) is 18.4 Å². The summed E-state index contributed by atoms with van der Waals surface area (Å²) in [4.78, 5) is 4.26. The van der Waals surface area contributed by atoms with E-state index in [0.717, 1.165) is 0 Å². The van der Waals surface area contributed by atoms with Crippen molar-refractivity contribution in [1.82, 2.24) is 4.98 Å². The molecule has 5 heteroatoms. The van der Waals surface area contributed by atoms with E-state index in [9.17, 15) is 9.50 Å². The minimum absolute atomic E-state index is 0.242. The van der Waals surface area contributed by atoms with Gasteiger partial charge < -0.3 is 5.11 Å². The zero-order valence-corrected chi connectivity index (χ0v) is 11.2. The second-order valence-electron chi connectivity index (χ2n) is 4.10. The molecule has 1 atom stereocenters. The Morgan fingerprint density at radius 2 is 2.29 bits per heavy atom. The number of rotatable bonds is 1. The molecule has 3 rings (SSSR count). The molecule has 17 heavy (non-hydrogen) atoms. The van der Waals surface area contributed by atoms with Gasteiger partial charge in [0.25, 0.3) is 0 Å². The minimum atomic E-state index is -1.13. The molecule has 1 unspecified atom stereocenters. The fourth-order valence-electron chi connectivity index (χ4n) is 2.31. The van der Waals surface area contributed by atoms with Crippen LogP contribution in [-0.4, -0.2) is 10.1 Å². The van der Waals surface area contributed by atoms with Crippen LogP contribution in [0, 0.1) is 5.82 Å². The number of aromatic nitrogens is 1. The number of hydrogen-bond acceptors (Lipinski definition) is 3. The smallest absolute Gasteiger partial charge is 0.142 e. The van der Waals surface area contributed by atoms with Gasteiger partial charge in [0, 0.05) is 5.38 Å². The van der Waals surface area contributed by atoms with Gasteiger partial charge in [0.2, 0.25) is 0 Å². The molecule has 2 nitrogen and oxygen atoms in total. The van der Waals surface area contributed by atoms with E-state index in [2.05, 4.69) is 20.9 Å². The number of benzene rings is 1. The van der Waals surface area contributed by atoms with E-state index in [-0.39, 0.29) is 5.82 Å². The molecule has 2 aromatic rings. The van der Waals surface area contributed by atoms with Crippen LogP contribution in [0.1, 0.15) is 22.6 Å². The quantitative estimate of drug-likeness (QED) is 0.877. The maximum atomic E-state index is 13.6. The summed E-state index contributed by atoms with van der Waals surface area (Å²) in [6, 6.07) is 4.84. The number of fused-ring (bicyclic) bond motifs is 1. The lowest BCUT2D eigenvalue weighted by Crippen LogP contribution is -2.23. The molecule has 0 saturated heterocycles. The molecule has 0 radical (unpaired) electrons. The Labute approximate surface area is 110 Å². The highest BCUT2D eigenvalue weighted by Crippen LogP contribution is 2.44. The second-order valence-corrected chi connectivity index (χ2v) is 5.77. The van der Waals surface area contributed by atoms with Crippen LogP contribution < -0.4 is 0 Å². The van der Waals surface area contributed by atoms with Gasteiger partial charge in [-0.2, -0.15) is 0 Å². The van der Waals surface area contributed by atoms with E-state index < -0.39 is 5.60 Å². The molecular weight excluding hydrogens is 305 g/mol. The van der Waals surface area contributed by atoms with Crippen molar-refractivity contribution in [2.24, 2.45) is 0 Å². The van der Waals surface area contributed by atoms with Gasteiger partial charge in [-0.1, -0.05) is 12.1 Å². The number of aliphatic hydroxyl groups is 1. The van der Waals surface area contributed by atoms with Crippen LogP contribution in [0.2, 0.25) is 0 Å². The molecule has 1 aliphatic rings. The van der Waals surface area contributed by atoms with Crippen LogP contribution in [0.5, 0.6) is 0 Å². The molecule has 88 valence electrons. The van der Waals surface area contributed by atoms with Crippen LogP contribution in [-0.2, 0) is 12.0 Å². The highest BCUT2D eigenvalue weighted by atomic mass is 79.9.